The minimum Gasteiger partial charge on any atom is -0.458 e. The van der Waals surface area contributed by atoms with Crippen molar-refractivity contribution in [2.24, 2.45) is 5.92 Å². The van der Waals surface area contributed by atoms with E-state index in [4.69, 9.17) is 19.2 Å². The second-order valence-electron chi connectivity index (χ2n) is 18.3. The largest absolute Gasteiger partial charge is 0.458 e. The zero-order valence-corrected chi connectivity index (χ0v) is 41.7. The highest BCUT2D eigenvalue weighted by atomic mass is 32.2. The minimum atomic E-state index is -3.54. The van der Waals surface area contributed by atoms with Gasteiger partial charge in [-0.15, -0.1) is 0 Å². The second-order valence-corrected chi connectivity index (χ2v) is 20.2. The molecule has 1 aromatic carbocycles. The van der Waals surface area contributed by atoms with Gasteiger partial charge in [-0.05, 0) is 70.8 Å². The molecule has 0 saturated carbocycles. The molecule has 22 heteroatoms. The Morgan fingerprint density at radius 1 is 0.917 bits per heavy atom. The molecule has 7 rings (SSSR count). The number of amides is 4. The molecule has 21 nitrogen and oxygen atoms in total. The molecule has 3 atom stereocenters. The average molecular weight is 1010 g/mol. The summed E-state index contributed by atoms with van der Waals surface area (Å²) in [6.07, 6.45) is 5.97. The highest BCUT2D eigenvalue weighted by Gasteiger charge is 2.45. The maximum atomic E-state index is 13.9. The molecule has 0 radical (unpaired) electrons. The smallest absolute Gasteiger partial charge is 0.343 e. The predicted octanol–water partition coefficient (Wildman–Crippen LogP) is 1.17. The van der Waals surface area contributed by atoms with Crippen LogP contribution in [-0.2, 0) is 57.3 Å². The fourth-order valence-corrected chi connectivity index (χ4v) is 8.89. The zero-order valence-electron chi connectivity index (χ0n) is 40.9. The number of carbonyl (C=O) groups excluding carboxylic acids is 5. The number of ether oxygens (including phenoxy) is 3. The normalized spacial score (nSPS) is 16.0. The summed E-state index contributed by atoms with van der Waals surface area (Å²) in [7, 11) is 0.315. The van der Waals surface area contributed by atoms with Crippen molar-refractivity contribution in [3.05, 3.63) is 68.8 Å². The van der Waals surface area contributed by atoms with Gasteiger partial charge in [-0.2, -0.15) is 0 Å². The van der Waals surface area contributed by atoms with Crippen molar-refractivity contribution in [1.82, 2.24) is 45.7 Å². The Morgan fingerprint density at radius 3 is 2.35 bits per heavy atom. The van der Waals surface area contributed by atoms with Gasteiger partial charge in [0.05, 0.1) is 47.7 Å². The van der Waals surface area contributed by atoms with Gasteiger partial charge in [0.15, 0.2) is 17.1 Å². The first kappa shape index (κ1) is 52.4. The molecule has 0 aliphatic carbocycles. The first-order valence-electron chi connectivity index (χ1n) is 23.5. The number of rotatable bonds is 18. The molecule has 3 aliphatic heterocycles. The molecule has 4 aromatic rings. The second kappa shape index (κ2) is 22.4. The molecule has 4 amide bonds. The summed E-state index contributed by atoms with van der Waals surface area (Å²) in [4.78, 5) is 94.6. The Hall–Kier alpha value is -7.40. The van der Waals surface area contributed by atoms with E-state index in [1.807, 2.05) is 19.0 Å². The number of benzene rings is 1. The van der Waals surface area contributed by atoms with E-state index < -0.39 is 63.3 Å². The number of hydrogen-bond donors (Lipinski definition) is 5. The van der Waals surface area contributed by atoms with E-state index in [1.54, 1.807) is 39.0 Å². The summed E-state index contributed by atoms with van der Waals surface area (Å²) in [5, 5.41) is 22.6. The van der Waals surface area contributed by atoms with Gasteiger partial charge in [-0.1, -0.05) is 44.5 Å². The number of sulfone groups is 1. The van der Waals surface area contributed by atoms with E-state index in [-0.39, 0.29) is 73.9 Å². The Bertz CT molecular complexity index is 3120. The number of aliphatic hydroxyl groups is 1. The van der Waals surface area contributed by atoms with Crippen molar-refractivity contribution < 1.29 is 51.7 Å². The van der Waals surface area contributed by atoms with Gasteiger partial charge in [0.1, 0.15) is 18.7 Å². The molecule has 3 aromatic heterocycles. The Labute approximate surface area is 416 Å². The van der Waals surface area contributed by atoms with Crippen LogP contribution < -0.4 is 36.3 Å². The van der Waals surface area contributed by atoms with Gasteiger partial charge in [-0.25, -0.2) is 28.2 Å². The lowest BCUT2D eigenvalue weighted by molar-refractivity contribution is -0.172. The lowest BCUT2D eigenvalue weighted by Crippen LogP contribution is -2.56. The summed E-state index contributed by atoms with van der Waals surface area (Å²) >= 11 is 0. The van der Waals surface area contributed by atoms with Gasteiger partial charge >= 0.3 is 5.97 Å². The molecule has 3 aliphatic rings. The zero-order chi connectivity index (χ0) is 51.9. The van der Waals surface area contributed by atoms with Crippen LogP contribution >= 0.6 is 0 Å². The maximum Gasteiger partial charge on any atom is 0.343 e. The van der Waals surface area contributed by atoms with Crippen LogP contribution in [-0.4, -0.2) is 126 Å². The molecule has 380 valence electrons. The van der Waals surface area contributed by atoms with E-state index in [0.717, 1.165) is 19.2 Å². The Kier molecular flexibility index (Phi) is 16.3. The van der Waals surface area contributed by atoms with Gasteiger partial charge in [0.25, 0.3) is 5.56 Å². The molecular weight excluding hydrogens is 951 g/mol. The van der Waals surface area contributed by atoms with E-state index in [2.05, 4.69) is 54.9 Å². The maximum absolute atomic E-state index is 13.9. The van der Waals surface area contributed by atoms with Crippen LogP contribution in [0.3, 0.4) is 0 Å². The fourth-order valence-electron chi connectivity index (χ4n) is 8.40. The number of fused-ring (bicyclic) bond motifs is 6. The van der Waals surface area contributed by atoms with Crippen LogP contribution in [0.2, 0.25) is 0 Å². The molecule has 0 bridgehead atoms. The number of unbranched alkanes of at least 4 members (excludes halogenated alkanes) is 2. The highest BCUT2D eigenvalue weighted by Crippen LogP contribution is 2.43. The van der Waals surface area contributed by atoms with Crippen molar-refractivity contribution in [1.29, 1.82) is 0 Å². The number of cyclic esters (lactones) is 1. The van der Waals surface area contributed by atoms with Crippen LogP contribution in [0.5, 0.6) is 11.5 Å². The predicted molar refractivity (Wildman–Crippen MR) is 261 cm³/mol. The van der Waals surface area contributed by atoms with E-state index in [1.165, 1.54) is 17.0 Å². The molecule has 6 heterocycles. The first-order valence-corrected chi connectivity index (χ1v) is 25.4. The molecule has 0 unspecified atom stereocenters. The third-order valence-corrected chi connectivity index (χ3v) is 13.2. The summed E-state index contributed by atoms with van der Waals surface area (Å²) in [5.74, 6) is 9.58. The highest BCUT2D eigenvalue weighted by molar-refractivity contribution is 7.90. The van der Waals surface area contributed by atoms with Gasteiger partial charge in [0, 0.05) is 59.6 Å². The molecule has 0 spiro atoms. The average Bonchev–Trinajstić information content (AvgIpc) is 3.96. The minimum absolute atomic E-state index is 0.0127. The quantitative estimate of drug-likeness (QED) is 0.0357. The van der Waals surface area contributed by atoms with E-state index >= 15 is 0 Å². The lowest BCUT2D eigenvalue weighted by Gasteiger charge is -2.31. The van der Waals surface area contributed by atoms with Crippen LogP contribution in [0.4, 0.5) is 0 Å². The van der Waals surface area contributed by atoms with Gasteiger partial charge < -0.3 is 50.1 Å². The molecule has 0 fully saturated rings. The number of pyridine rings is 2. The number of nitrogens with one attached hydrogen (secondary N) is 4. The lowest BCUT2D eigenvalue weighted by atomic mass is 9.86. The third kappa shape index (κ3) is 11.8. The summed E-state index contributed by atoms with van der Waals surface area (Å²) in [5.41, 5.74) is 0.739. The van der Waals surface area contributed by atoms with E-state index in [0.29, 0.717) is 69.7 Å². The summed E-state index contributed by atoms with van der Waals surface area (Å²) in [6, 6.07) is 3.09. The third-order valence-electron chi connectivity index (χ3n) is 12.3. The molecular formula is C50H57N9O12S. The number of carbonyl (C=O) groups is 5. The molecule has 5 N–H and O–H groups in total. The number of esters is 1. The monoisotopic (exact) mass is 1010 g/mol. The van der Waals surface area contributed by atoms with Gasteiger partial charge in [-0.3, -0.25) is 24.0 Å². The number of aromatic nitrogens is 4. The summed E-state index contributed by atoms with van der Waals surface area (Å²) < 4.78 is 41.2. The van der Waals surface area contributed by atoms with Crippen molar-refractivity contribution >= 4 is 50.3 Å². The molecule has 0 saturated heterocycles. The van der Waals surface area contributed by atoms with Gasteiger partial charge in [0.2, 0.25) is 45.4 Å². The fraction of sp³-hybridized carbons (Fsp3) is 0.460. The van der Waals surface area contributed by atoms with Crippen molar-refractivity contribution in [3.63, 3.8) is 0 Å². The van der Waals surface area contributed by atoms with Crippen LogP contribution in [0.1, 0.15) is 93.5 Å². The Morgan fingerprint density at radius 2 is 1.65 bits per heavy atom. The first-order chi connectivity index (χ1) is 34.3. The van der Waals surface area contributed by atoms with E-state index in [9.17, 15) is 42.3 Å². The van der Waals surface area contributed by atoms with Crippen molar-refractivity contribution in [3.8, 4) is 46.6 Å². The number of nitrogens with zero attached hydrogens (tertiary/aromatic N) is 5. The van der Waals surface area contributed by atoms with Crippen LogP contribution in [0.25, 0.3) is 22.3 Å². The topological polar surface area (TPSA) is 279 Å². The SMILES string of the molecule is CC[C@@]1(O)C(=O)OCc2c1cc1n(c2=O)Cc2c-1nc1cc3c(cc1c2C#CCNC(=O)CNC(=O)[C@H](CCCCN(C)C)NC(=O)[C@@H](NC(=O)CCCC#Cc1cnc(S(C)(=O)=O)nc1)C(C)C)OCO3. The van der Waals surface area contributed by atoms with Crippen LogP contribution in [0, 0.1) is 29.6 Å². The standard InChI is InChI=1S/C50H57N9O12S/c1-7-50(66)35-21-38-44-33(26-59(38)47(64)34(35)27-69-48(50)65)31(32-20-39-40(71-28-70-39)22-37(32)55-44)15-13-18-51-42(61)25-52-45(62)36(16-11-12-19-58(4)5)56-46(63)43(29(2)3)57-41(60)17-10-8-9-14-30-23-53-49(54-24-30)72(6,67)68/h20-24,29,36,43,66H,7-8,10-12,16-19,25-28H2,1-6H3,(H,51,61)(H,52,62)(H,56,63)(H,57,60)/t36-,43-,50-/m0/s1. The van der Waals surface area contributed by atoms with Crippen LogP contribution in [0.15, 0.2) is 40.5 Å². The van der Waals surface area contributed by atoms with Crippen molar-refractivity contribution in [2.75, 3.05) is 46.8 Å². The molecule has 72 heavy (non-hydrogen) atoms. The Balaban J connectivity index is 0.985. The summed E-state index contributed by atoms with van der Waals surface area (Å²) in [6.45, 7) is 5.17. The van der Waals surface area contributed by atoms with Crippen molar-refractivity contribution in [2.45, 2.75) is 102 Å². The number of hydrogen-bond acceptors (Lipinski definition) is 16.